The zero-order valence-electron chi connectivity index (χ0n) is 7.17. The molecule has 5 heteroatoms. The van der Waals surface area contributed by atoms with E-state index >= 15 is 0 Å². The number of alkyl halides is 2. The van der Waals surface area contributed by atoms with E-state index in [0.29, 0.717) is 4.88 Å². The molecule has 13 heavy (non-hydrogen) atoms. The van der Waals surface area contributed by atoms with Gasteiger partial charge >= 0.3 is 0 Å². The van der Waals surface area contributed by atoms with Crippen molar-refractivity contribution in [3.8, 4) is 0 Å². The van der Waals surface area contributed by atoms with Crippen molar-refractivity contribution in [2.24, 2.45) is 5.73 Å². The van der Waals surface area contributed by atoms with Gasteiger partial charge in [-0.1, -0.05) is 6.92 Å². The maximum absolute atomic E-state index is 12.1. The molecule has 76 valence electrons. The van der Waals surface area contributed by atoms with Crippen LogP contribution in [-0.2, 0) is 6.42 Å². The summed E-state index contributed by atoms with van der Waals surface area (Å²) in [5.41, 5.74) is 5.27. The van der Waals surface area contributed by atoms with Gasteiger partial charge in [0.15, 0.2) is 0 Å². The second kappa shape index (κ2) is 5.52. The third-order valence-corrected chi connectivity index (χ3v) is 2.96. The highest BCUT2D eigenvalue weighted by atomic mass is 35.5. The molecular formula is C8H12ClF2NS. The maximum Gasteiger partial charge on any atom is 0.258 e. The molecule has 0 saturated heterocycles. The SMILES string of the molecule is CCc1ccc([C@H](N)C(F)F)s1.Cl. The molecule has 0 saturated carbocycles. The molecule has 1 nitrogen and oxygen atoms in total. The minimum absolute atomic E-state index is 0. The first-order chi connectivity index (χ1) is 5.65. The van der Waals surface area contributed by atoms with Gasteiger partial charge in [0.1, 0.15) is 6.04 Å². The van der Waals surface area contributed by atoms with Crippen LogP contribution in [-0.4, -0.2) is 6.43 Å². The second-order valence-electron chi connectivity index (χ2n) is 2.52. The molecule has 1 aromatic heterocycles. The maximum atomic E-state index is 12.1. The summed E-state index contributed by atoms with van der Waals surface area (Å²) in [5.74, 6) is 0. The number of nitrogens with two attached hydrogens (primary N) is 1. The summed E-state index contributed by atoms with van der Waals surface area (Å²) in [6, 6.07) is 2.41. The van der Waals surface area contributed by atoms with E-state index in [1.165, 1.54) is 11.3 Å². The van der Waals surface area contributed by atoms with Gasteiger partial charge < -0.3 is 5.73 Å². The molecule has 0 aromatic carbocycles. The van der Waals surface area contributed by atoms with Gasteiger partial charge in [0.25, 0.3) is 6.43 Å². The Bertz CT molecular complexity index is 252. The number of halogens is 3. The van der Waals surface area contributed by atoms with Crippen LogP contribution in [0, 0.1) is 0 Å². The summed E-state index contributed by atoms with van der Waals surface area (Å²) in [7, 11) is 0. The molecule has 0 aliphatic rings. The number of hydrogen-bond acceptors (Lipinski definition) is 2. The normalized spacial score (nSPS) is 12.7. The van der Waals surface area contributed by atoms with Crippen LogP contribution < -0.4 is 5.73 Å². The summed E-state index contributed by atoms with van der Waals surface area (Å²) in [6.45, 7) is 1.99. The Morgan fingerprint density at radius 1 is 1.46 bits per heavy atom. The van der Waals surface area contributed by atoms with E-state index in [0.717, 1.165) is 11.3 Å². The van der Waals surface area contributed by atoms with Gasteiger partial charge in [0.2, 0.25) is 0 Å². The van der Waals surface area contributed by atoms with Crippen LogP contribution in [0.2, 0.25) is 0 Å². The molecule has 0 spiro atoms. The van der Waals surface area contributed by atoms with E-state index in [1.54, 1.807) is 6.07 Å². The van der Waals surface area contributed by atoms with Crippen molar-refractivity contribution in [1.82, 2.24) is 0 Å². The Labute approximate surface area is 86.4 Å². The molecule has 0 bridgehead atoms. The minimum Gasteiger partial charge on any atom is -0.319 e. The lowest BCUT2D eigenvalue weighted by atomic mass is 10.2. The molecule has 1 heterocycles. The largest absolute Gasteiger partial charge is 0.319 e. The zero-order valence-corrected chi connectivity index (χ0v) is 8.80. The van der Waals surface area contributed by atoms with Crippen LogP contribution in [0.25, 0.3) is 0 Å². The molecule has 0 unspecified atom stereocenters. The second-order valence-corrected chi connectivity index (χ2v) is 3.72. The van der Waals surface area contributed by atoms with Crippen molar-refractivity contribution in [2.75, 3.05) is 0 Å². The third kappa shape index (κ3) is 3.21. The van der Waals surface area contributed by atoms with Gasteiger partial charge in [-0.3, -0.25) is 0 Å². The molecule has 0 radical (unpaired) electrons. The van der Waals surface area contributed by atoms with Gasteiger partial charge in [-0.25, -0.2) is 8.78 Å². The average Bonchev–Trinajstić information content (AvgIpc) is 2.50. The molecule has 0 aliphatic carbocycles. The molecule has 0 amide bonds. The Kier molecular flexibility index (Phi) is 5.44. The molecule has 1 atom stereocenters. The highest BCUT2D eigenvalue weighted by molar-refractivity contribution is 7.12. The molecule has 0 aliphatic heterocycles. The minimum atomic E-state index is -2.46. The lowest BCUT2D eigenvalue weighted by Crippen LogP contribution is -2.17. The third-order valence-electron chi connectivity index (χ3n) is 1.63. The average molecular weight is 228 g/mol. The summed E-state index contributed by atoms with van der Waals surface area (Å²) < 4.78 is 24.2. The highest BCUT2D eigenvalue weighted by Gasteiger charge is 2.18. The van der Waals surface area contributed by atoms with Crippen molar-refractivity contribution in [2.45, 2.75) is 25.8 Å². The van der Waals surface area contributed by atoms with Crippen molar-refractivity contribution >= 4 is 23.7 Å². The van der Waals surface area contributed by atoms with Crippen LogP contribution in [0.15, 0.2) is 12.1 Å². The highest BCUT2D eigenvalue weighted by Crippen LogP contribution is 2.25. The van der Waals surface area contributed by atoms with Gasteiger partial charge in [-0.15, -0.1) is 23.7 Å². The lowest BCUT2D eigenvalue weighted by Gasteiger charge is -2.06. The van der Waals surface area contributed by atoms with Gasteiger partial charge in [0.05, 0.1) is 0 Å². The van der Waals surface area contributed by atoms with E-state index < -0.39 is 12.5 Å². The summed E-state index contributed by atoms with van der Waals surface area (Å²) in [5, 5.41) is 0. The molecular weight excluding hydrogens is 216 g/mol. The summed E-state index contributed by atoms with van der Waals surface area (Å²) in [6.07, 6.45) is -1.59. The first kappa shape index (κ1) is 12.8. The summed E-state index contributed by atoms with van der Waals surface area (Å²) >= 11 is 1.36. The molecule has 1 aromatic rings. The van der Waals surface area contributed by atoms with Gasteiger partial charge in [-0.05, 0) is 18.6 Å². The number of thiophene rings is 1. The Hall–Kier alpha value is -0.190. The predicted molar refractivity (Wildman–Crippen MR) is 53.9 cm³/mol. The predicted octanol–water partition coefficient (Wildman–Crippen LogP) is 3.00. The van der Waals surface area contributed by atoms with E-state index in [9.17, 15) is 8.78 Å². The van der Waals surface area contributed by atoms with E-state index in [4.69, 9.17) is 5.73 Å². The van der Waals surface area contributed by atoms with Crippen LogP contribution >= 0.6 is 23.7 Å². The topological polar surface area (TPSA) is 26.0 Å². The van der Waals surface area contributed by atoms with Crippen LogP contribution in [0.5, 0.6) is 0 Å². The number of aryl methyl sites for hydroxylation is 1. The van der Waals surface area contributed by atoms with Gasteiger partial charge in [-0.2, -0.15) is 0 Å². The van der Waals surface area contributed by atoms with Gasteiger partial charge in [0, 0.05) is 9.75 Å². The standard InChI is InChI=1S/C8H11F2NS.ClH/c1-2-5-3-4-6(12-5)7(11)8(9)10;/h3-4,7-8H,2,11H2,1H3;1H/t7-;/m0./s1. The van der Waals surface area contributed by atoms with E-state index in [-0.39, 0.29) is 12.4 Å². The number of rotatable bonds is 3. The van der Waals surface area contributed by atoms with Crippen LogP contribution in [0.4, 0.5) is 8.78 Å². The van der Waals surface area contributed by atoms with Crippen molar-refractivity contribution < 1.29 is 8.78 Å². The quantitative estimate of drug-likeness (QED) is 0.844. The van der Waals surface area contributed by atoms with Crippen LogP contribution in [0.3, 0.4) is 0 Å². The molecule has 0 fully saturated rings. The Morgan fingerprint density at radius 3 is 2.46 bits per heavy atom. The van der Waals surface area contributed by atoms with Crippen LogP contribution in [0.1, 0.15) is 22.7 Å². The van der Waals surface area contributed by atoms with Crippen molar-refractivity contribution in [3.05, 3.63) is 21.9 Å². The zero-order chi connectivity index (χ0) is 9.14. The smallest absolute Gasteiger partial charge is 0.258 e. The Morgan fingerprint density at radius 2 is 2.08 bits per heavy atom. The molecule has 1 rings (SSSR count). The van der Waals surface area contributed by atoms with Crippen molar-refractivity contribution in [1.29, 1.82) is 0 Å². The first-order valence-corrected chi connectivity index (χ1v) is 4.59. The number of hydrogen-bond donors (Lipinski definition) is 1. The first-order valence-electron chi connectivity index (χ1n) is 3.77. The fraction of sp³-hybridized carbons (Fsp3) is 0.500. The van der Waals surface area contributed by atoms with Crippen molar-refractivity contribution in [3.63, 3.8) is 0 Å². The molecule has 2 N–H and O–H groups in total. The van der Waals surface area contributed by atoms with E-state index in [2.05, 4.69) is 0 Å². The van der Waals surface area contributed by atoms with E-state index in [1.807, 2.05) is 13.0 Å². The Balaban J connectivity index is 0.00000144. The summed E-state index contributed by atoms with van der Waals surface area (Å²) in [4.78, 5) is 1.67. The fourth-order valence-electron chi connectivity index (χ4n) is 0.888. The monoisotopic (exact) mass is 227 g/mol. The lowest BCUT2D eigenvalue weighted by molar-refractivity contribution is 0.118. The fourth-order valence-corrected chi connectivity index (χ4v) is 1.85.